The highest BCUT2D eigenvalue weighted by atomic mass is 16.7. The molecule has 1 aromatic carbocycles. The van der Waals surface area contributed by atoms with Crippen molar-refractivity contribution in [1.29, 1.82) is 0 Å². The van der Waals surface area contributed by atoms with E-state index in [2.05, 4.69) is 25.8 Å². The molecule has 0 spiro atoms. The minimum atomic E-state index is -0.405. The van der Waals surface area contributed by atoms with Gasteiger partial charge in [0.05, 0.1) is 0 Å². The summed E-state index contributed by atoms with van der Waals surface area (Å²) in [5.41, 5.74) is 0.965. The summed E-state index contributed by atoms with van der Waals surface area (Å²) in [6.45, 7) is 3.66. The molecule has 3 aromatic rings. The van der Waals surface area contributed by atoms with E-state index in [0.717, 1.165) is 5.69 Å². The second-order valence-corrected chi connectivity index (χ2v) is 5.66. The van der Waals surface area contributed by atoms with E-state index in [1.807, 2.05) is 6.07 Å². The highest BCUT2D eigenvalue weighted by Crippen LogP contribution is 2.34. The molecule has 0 atom stereocenters. The van der Waals surface area contributed by atoms with Crippen LogP contribution in [-0.2, 0) is 0 Å². The van der Waals surface area contributed by atoms with Crippen molar-refractivity contribution in [3.05, 3.63) is 47.6 Å². The maximum absolute atomic E-state index is 12.4. The molecule has 0 radical (unpaired) electrons. The van der Waals surface area contributed by atoms with Gasteiger partial charge in [0.25, 0.3) is 5.91 Å². The molecule has 9 nitrogen and oxygen atoms in total. The summed E-state index contributed by atoms with van der Waals surface area (Å²) in [7, 11) is 0. The second kappa shape index (κ2) is 6.36. The SMILES string of the molecule is Cc1nc(Nc2ccc3c(c2)OCO3)cc(C(=O)Nc2cc(C)on2)n1. The van der Waals surface area contributed by atoms with Gasteiger partial charge in [-0.15, -0.1) is 0 Å². The van der Waals surface area contributed by atoms with E-state index in [1.165, 1.54) is 0 Å². The van der Waals surface area contributed by atoms with Gasteiger partial charge in [-0.3, -0.25) is 4.79 Å². The fourth-order valence-electron chi connectivity index (χ4n) is 2.48. The average Bonchev–Trinajstić information content (AvgIpc) is 3.22. The number of carbonyl (C=O) groups excluding carboxylic acids is 1. The molecule has 132 valence electrons. The van der Waals surface area contributed by atoms with Gasteiger partial charge in [0.1, 0.15) is 23.1 Å². The zero-order valence-corrected chi connectivity index (χ0v) is 14.1. The molecule has 1 aliphatic heterocycles. The lowest BCUT2D eigenvalue weighted by molar-refractivity contribution is 0.102. The van der Waals surface area contributed by atoms with E-state index in [0.29, 0.717) is 34.7 Å². The number of anilines is 3. The predicted molar refractivity (Wildman–Crippen MR) is 91.8 cm³/mol. The minimum absolute atomic E-state index is 0.206. The number of amides is 1. The number of nitrogens with one attached hydrogen (secondary N) is 2. The quantitative estimate of drug-likeness (QED) is 0.736. The van der Waals surface area contributed by atoms with Crippen LogP contribution in [0.5, 0.6) is 11.5 Å². The zero-order chi connectivity index (χ0) is 18.1. The molecule has 9 heteroatoms. The number of ether oxygens (including phenoxy) is 2. The molecule has 3 heterocycles. The molecule has 1 amide bonds. The van der Waals surface area contributed by atoms with E-state index >= 15 is 0 Å². The smallest absolute Gasteiger partial charge is 0.275 e. The summed E-state index contributed by atoms with van der Waals surface area (Å²) < 4.78 is 15.6. The standard InChI is InChI=1S/C17H15N5O4/c1-9-5-16(22-26-9)21-17(23)12-7-15(19-10(2)18-12)20-11-3-4-13-14(6-11)25-8-24-13/h3-7H,8H2,1-2H3,(H,18,19,20)(H,21,22,23). The van der Waals surface area contributed by atoms with Gasteiger partial charge in [-0.2, -0.15) is 0 Å². The van der Waals surface area contributed by atoms with E-state index in [1.54, 1.807) is 38.1 Å². The number of aromatic nitrogens is 3. The van der Waals surface area contributed by atoms with Crippen LogP contribution in [0.15, 0.2) is 34.9 Å². The van der Waals surface area contributed by atoms with Crippen LogP contribution in [0.1, 0.15) is 22.1 Å². The van der Waals surface area contributed by atoms with Gasteiger partial charge < -0.3 is 24.6 Å². The van der Waals surface area contributed by atoms with Crippen LogP contribution in [0.25, 0.3) is 0 Å². The van der Waals surface area contributed by atoms with Crippen molar-refractivity contribution in [2.24, 2.45) is 0 Å². The van der Waals surface area contributed by atoms with Gasteiger partial charge in [0, 0.05) is 23.9 Å². The van der Waals surface area contributed by atoms with Crippen molar-refractivity contribution >= 4 is 23.2 Å². The van der Waals surface area contributed by atoms with Crippen LogP contribution in [0.2, 0.25) is 0 Å². The number of rotatable bonds is 4. The first-order valence-electron chi connectivity index (χ1n) is 7.84. The lowest BCUT2D eigenvalue weighted by Gasteiger charge is -2.09. The summed E-state index contributed by atoms with van der Waals surface area (Å²) >= 11 is 0. The predicted octanol–water partition coefficient (Wildman–Crippen LogP) is 2.81. The lowest BCUT2D eigenvalue weighted by Crippen LogP contribution is -2.15. The van der Waals surface area contributed by atoms with Crippen LogP contribution in [0, 0.1) is 13.8 Å². The maximum atomic E-state index is 12.4. The number of fused-ring (bicyclic) bond motifs is 1. The Balaban J connectivity index is 1.55. The monoisotopic (exact) mass is 353 g/mol. The minimum Gasteiger partial charge on any atom is -0.454 e. The Morgan fingerprint density at radius 2 is 1.88 bits per heavy atom. The Labute approximate surface area is 148 Å². The van der Waals surface area contributed by atoms with Crippen molar-refractivity contribution in [2.75, 3.05) is 17.4 Å². The van der Waals surface area contributed by atoms with Crippen molar-refractivity contribution < 1.29 is 18.8 Å². The Kier molecular flexibility index (Phi) is 3.88. The van der Waals surface area contributed by atoms with Crippen molar-refractivity contribution in [3.8, 4) is 11.5 Å². The highest BCUT2D eigenvalue weighted by molar-refractivity contribution is 6.02. The molecule has 2 aromatic heterocycles. The van der Waals surface area contributed by atoms with Gasteiger partial charge >= 0.3 is 0 Å². The Morgan fingerprint density at radius 3 is 2.69 bits per heavy atom. The molecular weight excluding hydrogens is 338 g/mol. The molecule has 0 fully saturated rings. The Bertz CT molecular complexity index is 985. The van der Waals surface area contributed by atoms with E-state index in [-0.39, 0.29) is 12.5 Å². The van der Waals surface area contributed by atoms with Crippen molar-refractivity contribution in [1.82, 2.24) is 15.1 Å². The summed E-state index contributed by atoms with van der Waals surface area (Å²) in [4.78, 5) is 20.9. The molecule has 26 heavy (non-hydrogen) atoms. The molecule has 0 saturated carbocycles. The molecule has 0 bridgehead atoms. The molecule has 2 N–H and O–H groups in total. The van der Waals surface area contributed by atoms with Crippen LogP contribution in [-0.4, -0.2) is 27.8 Å². The molecule has 4 rings (SSSR count). The number of aryl methyl sites for hydroxylation is 2. The molecule has 0 unspecified atom stereocenters. The van der Waals surface area contributed by atoms with Gasteiger partial charge in [-0.1, -0.05) is 5.16 Å². The topological polar surface area (TPSA) is 111 Å². The molecule has 1 aliphatic rings. The van der Waals surface area contributed by atoms with Crippen LogP contribution >= 0.6 is 0 Å². The van der Waals surface area contributed by atoms with Gasteiger partial charge in [0.2, 0.25) is 6.79 Å². The van der Waals surface area contributed by atoms with E-state index < -0.39 is 5.91 Å². The number of benzene rings is 1. The number of hydrogen-bond acceptors (Lipinski definition) is 8. The largest absolute Gasteiger partial charge is 0.454 e. The number of carbonyl (C=O) groups is 1. The Morgan fingerprint density at radius 1 is 1.04 bits per heavy atom. The normalized spacial score (nSPS) is 12.1. The first kappa shape index (κ1) is 15.9. The van der Waals surface area contributed by atoms with Gasteiger partial charge in [-0.25, -0.2) is 9.97 Å². The third kappa shape index (κ3) is 3.27. The van der Waals surface area contributed by atoms with Crippen molar-refractivity contribution in [3.63, 3.8) is 0 Å². The maximum Gasteiger partial charge on any atom is 0.275 e. The van der Waals surface area contributed by atoms with Crippen molar-refractivity contribution in [2.45, 2.75) is 13.8 Å². The fraction of sp³-hybridized carbons (Fsp3) is 0.176. The number of nitrogens with zero attached hydrogens (tertiary/aromatic N) is 3. The average molecular weight is 353 g/mol. The highest BCUT2D eigenvalue weighted by Gasteiger charge is 2.15. The molecule has 0 saturated heterocycles. The summed E-state index contributed by atoms with van der Waals surface area (Å²) in [5.74, 6) is 2.81. The molecular formula is C17H15N5O4. The van der Waals surface area contributed by atoms with Crippen LogP contribution in [0.4, 0.5) is 17.3 Å². The zero-order valence-electron chi connectivity index (χ0n) is 14.1. The first-order chi connectivity index (χ1) is 12.6. The molecule has 0 aliphatic carbocycles. The summed E-state index contributed by atoms with van der Waals surface area (Å²) in [6, 6.07) is 8.62. The third-order valence-electron chi connectivity index (χ3n) is 3.59. The number of hydrogen-bond donors (Lipinski definition) is 2. The fourth-order valence-corrected chi connectivity index (χ4v) is 2.48. The van der Waals surface area contributed by atoms with Crippen LogP contribution < -0.4 is 20.1 Å². The summed E-state index contributed by atoms with van der Waals surface area (Å²) in [5, 5.41) is 9.51. The van der Waals surface area contributed by atoms with Gasteiger partial charge in [-0.05, 0) is 26.0 Å². The lowest BCUT2D eigenvalue weighted by atomic mass is 10.2. The van der Waals surface area contributed by atoms with Crippen LogP contribution in [0.3, 0.4) is 0 Å². The van der Waals surface area contributed by atoms with Gasteiger partial charge in [0.15, 0.2) is 17.3 Å². The van der Waals surface area contributed by atoms with E-state index in [4.69, 9.17) is 14.0 Å². The van der Waals surface area contributed by atoms with E-state index in [9.17, 15) is 4.79 Å². The Hall–Kier alpha value is -3.62. The summed E-state index contributed by atoms with van der Waals surface area (Å²) in [6.07, 6.45) is 0. The first-order valence-corrected chi connectivity index (χ1v) is 7.84. The third-order valence-corrected chi connectivity index (χ3v) is 3.59. The second-order valence-electron chi connectivity index (χ2n) is 5.66.